The lowest BCUT2D eigenvalue weighted by atomic mass is 10.1. The van der Waals surface area contributed by atoms with Crippen LogP contribution in [0.25, 0.3) is 0 Å². The van der Waals surface area contributed by atoms with E-state index in [1.54, 1.807) is 0 Å². The average molecular weight is 392 g/mol. The zero-order chi connectivity index (χ0) is 19.7. The molecule has 0 unspecified atom stereocenters. The second kappa shape index (κ2) is 7.23. The molecule has 142 valence electrons. The molecule has 1 aromatic heterocycles. The summed E-state index contributed by atoms with van der Waals surface area (Å²) in [6.07, 6.45) is 0. The van der Waals surface area contributed by atoms with Crippen molar-refractivity contribution < 1.29 is 14.6 Å². The number of nitro benzene ring substituents is 2. The maximum atomic E-state index is 12.7. The van der Waals surface area contributed by atoms with Gasteiger partial charge in [-0.2, -0.15) is 0 Å². The molecule has 0 saturated carbocycles. The molecule has 2 aromatic rings. The Morgan fingerprint density at radius 2 is 1.59 bits per heavy atom. The highest BCUT2D eigenvalue weighted by Gasteiger charge is 2.29. The van der Waals surface area contributed by atoms with E-state index in [-0.39, 0.29) is 11.1 Å². The normalized spacial score (nSPS) is 14.3. The Bertz CT molecular complexity index is 886. The molecule has 0 atom stereocenters. The van der Waals surface area contributed by atoms with E-state index in [2.05, 4.69) is 10.2 Å². The van der Waals surface area contributed by atoms with Crippen molar-refractivity contribution in [1.29, 1.82) is 0 Å². The quantitative estimate of drug-likeness (QED) is 0.569. The number of nitro groups is 2. The van der Waals surface area contributed by atoms with E-state index >= 15 is 0 Å². The molecule has 1 fully saturated rings. The van der Waals surface area contributed by atoms with Gasteiger partial charge in [0, 0.05) is 38.3 Å². The van der Waals surface area contributed by atoms with Crippen LogP contribution in [-0.2, 0) is 0 Å². The van der Waals surface area contributed by atoms with Gasteiger partial charge < -0.3 is 9.80 Å². The van der Waals surface area contributed by atoms with Gasteiger partial charge in [-0.05, 0) is 13.8 Å². The first-order valence-corrected chi connectivity index (χ1v) is 8.87. The van der Waals surface area contributed by atoms with Crippen LogP contribution in [0.5, 0.6) is 0 Å². The van der Waals surface area contributed by atoms with Crippen molar-refractivity contribution >= 4 is 33.8 Å². The number of amides is 1. The molecule has 0 bridgehead atoms. The number of rotatable bonds is 4. The summed E-state index contributed by atoms with van der Waals surface area (Å²) in [5.41, 5.74) is -0.997. The second-order valence-electron chi connectivity index (χ2n) is 6.04. The fourth-order valence-electron chi connectivity index (χ4n) is 2.88. The summed E-state index contributed by atoms with van der Waals surface area (Å²) in [5.74, 6) is -0.464. The maximum Gasteiger partial charge on any atom is 0.279 e. The number of hydrogen-bond donors (Lipinski definition) is 0. The van der Waals surface area contributed by atoms with Crippen molar-refractivity contribution in [2.24, 2.45) is 0 Å². The third kappa shape index (κ3) is 3.69. The van der Waals surface area contributed by atoms with E-state index in [1.807, 2.05) is 11.8 Å². The number of carbonyl (C=O) groups excluding carboxylic acids is 1. The summed E-state index contributed by atoms with van der Waals surface area (Å²) >= 11 is 1.46. The molecule has 1 aromatic carbocycles. The summed E-state index contributed by atoms with van der Waals surface area (Å²) in [6.45, 7) is 5.00. The smallest absolute Gasteiger partial charge is 0.279 e. The van der Waals surface area contributed by atoms with Crippen molar-refractivity contribution in [1.82, 2.24) is 15.1 Å². The second-order valence-corrected chi connectivity index (χ2v) is 7.20. The zero-order valence-electron chi connectivity index (χ0n) is 14.6. The maximum absolute atomic E-state index is 12.7. The highest BCUT2D eigenvalue weighted by molar-refractivity contribution is 7.15. The summed E-state index contributed by atoms with van der Waals surface area (Å²) in [5, 5.41) is 32.1. The van der Waals surface area contributed by atoms with Gasteiger partial charge in [-0.15, -0.1) is 10.2 Å². The molecule has 12 heteroatoms. The van der Waals surface area contributed by atoms with Crippen molar-refractivity contribution in [3.8, 4) is 0 Å². The molecule has 1 aliphatic rings. The van der Waals surface area contributed by atoms with Crippen molar-refractivity contribution in [2.75, 3.05) is 31.1 Å². The van der Waals surface area contributed by atoms with Gasteiger partial charge in [0.25, 0.3) is 17.3 Å². The minimum atomic E-state index is -0.713. The van der Waals surface area contributed by atoms with Gasteiger partial charge in [-0.1, -0.05) is 11.3 Å². The molecule has 0 spiro atoms. The lowest BCUT2D eigenvalue weighted by Gasteiger charge is -2.34. The Labute approximate surface area is 157 Å². The van der Waals surface area contributed by atoms with Crippen LogP contribution in [0.15, 0.2) is 12.1 Å². The number of aromatic nitrogens is 2. The molecular weight excluding hydrogens is 376 g/mol. The Kier molecular flexibility index (Phi) is 4.99. The molecule has 0 radical (unpaired) electrons. The molecule has 1 amide bonds. The third-order valence-corrected chi connectivity index (χ3v) is 5.25. The summed E-state index contributed by atoms with van der Waals surface area (Å²) in [6, 6.07) is 2.20. The number of aryl methyl sites for hydroxylation is 1. The topological polar surface area (TPSA) is 136 Å². The van der Waals surface area contributed by atoms with Gasteiger partial charge in [0.2, 0.25) is 5.13 Å². The van der Waals surface area contributed by atoms with Gasteiger partial charge in [-0.25, -0.2) is 0 Å². The van der Waals surface area contributed by atoms with Gasteiger partial charge in [-0.3, -0.25) is 25.0 Å². The lowest BCUT2D eigenvalue weighted by molar-refractivity contribution is -0.395. The summed E-state index contributed by atoms with van der Waals surface area (Å²) in [7, 11) is 0. The fourth-order valence-corrected chi connectivity index (χ4v) is 3.62. The number of carbonyl (C=O) groups is 1. The summed E-state index contributed by atoms with van der Waals surface area (Å²) in [4.78, 5) is 37.2. The predicted octanol–water partition coefficient (Wildman–Crippen LogP) is 1.93. The van der Waals surface area contributed by atoms with Gasteiger partial charge in [0.15, 0.2) is 0 Å². The van der Waals surface area contributed by atoms with Crippen LogP contribution in [0.4, 0.5) is 16.5 Å². The van der Waals surface area contributed by atoms with E-state index in [9.17, 15) is 25.0 Å². The Hall–Kier alpha value is -3.15. The molecule has 11 nitrogen and oxygen atoms in total. The molecule has 3 rings (SSSR count). The first-order chi connectivity index (χ1) is 12.8. The minimum Gasteiger partial charge on any atom is -0.343 e. The van der Waals surface area contributed by atoms with Crippen LogP contribution in [0.3, 0.4) is 0 Å². The van der Waals surface area contributed by atoms with Gasteiger partial charge in [0.05, 0.1) is 15.4 Å². The SMILES string of the molecule is Cc1nnc(N2CCN(C(=O)c3cc([N+](=O)[O-])c(C)c([N+](=O)[O-])c3)CC2)s1. The monoisotopic (exact) mass is 392 g/mol. The van der Waals surface area contributed by atoms with E-state index < -0.39 is 27.1 Å². The predicted molar refractivity (Wildman–Crippen MR) is 97.3 cm³/mol. The standard InChI is InChI=1S/C15H16N6O5S/c1-9-12(20(23)24)7-11(8-13(9)21(25)26)14(22)18-3-5-19(6-4-18)15-17-16-10(2)27-15/h7-8H,3-6H2,1-2H3. The van der Waals surface area contributed by atoms with Crippen LogP contribution in [0.1, 0.15) is 20.9 Å². The van der Waals surface area contributed by atoms with E-state index in [0.717, 1.165) is 22.3 Å². The van der Waals surface area contributed by atoms with Crippen LogP contribution in [0.2, 0.25) is 0 Å². The largest absolute Gasteiger partial charge is 0.343 e. The third-order valence-electron chi connectivity index (χ3n) is 4.35. The Balaban J connectivity index is 1.80. The molecule has 27 heavy (non-hydrogen) atoms. The molecule has 1 aliphatic heterocycles. The molecule has 2 heterocycles. The van der Waals surface area contributed by atoms with Gasteiger partial charge >= 0.3 is 0 Å². The Morgan fingerprint density at radius 3 is 2.04 bits per heavy atom. The summed E-state index contributed by atoms with van der Waals surface area (Å²) < 4.78 is 0. The molecule has 1 saturated heterocycles. The van der Waals surface area contributed by atoms with Crippen LogP contribution >= 0.6 is 11.3 Å². The van der Waals surface area contributed by atoms with Crippen molar-refractivity contribution in [3.05, 3.63) is 48.5 Å². The lowest BCUT2D eigenvalue weighted by Crippen LogP contribution is -2.48. The Morgan fingerprint density at radius 1 is 1.04 bits per heavy atom. The average Bonchev–Trinajstić information content (AvgIpc) is 3.07. The van der Waals surface area contributed by atoms with E-state index in [1.165, 1.54) is 23.2 Å². The van der Waals surface area contributed by atoms with Crippen LogP contribution < -0.4 is 4.90 Å². The minimum absolute atomic E-state index is 0.0563. The van der Waals surface area contributed by atoms with Crippen LogP contribution in [0, 0.1) is 34.1 Å². The van der Waals surface area contributed by atoms with E-state index in [4.69, 9.17) is 0 Å². The molecule has 0 aliphatic carbocycles. The van der Waals surface area contributed by atoms with Crippen molar-refractivity contribution in [3.63, 3.8) is 0 Å². The first kappa shape index (κ1) is 18.6. The number of nitrogens with zero attached hydrogens (tertiary/aromatic N) is 6. The molecular formula is C15H16N6O5S. The highest BCUT2D eigenvalue weighted by atomic mass is 32.1. The number of piperazine rings is 1. The number of anilines is 1. The van der Waals surface area contributed by atoms with E-state index in [0.29, 0.717) is 26.2 Å². The molecule has 0 N–H and O–H groups in total. The highest BCUT2D eigenvalue weighted by Crippen LogP contribution is 2.30. The number of benzene rings is 1. The first-order valence-electron chi connectivity index (χ1n) is 8.05. The van der Waals surface area contributed by atoms with Gasteiger partial charge in [0.1, 0.15) is 10.6 Å². The van der Waals surface area contributed by atoms with Crippen LogP contribution in [-0.4, -0.2) is 57.0 Å². The fraction of sp³-hybridized carbons (Fsp3) is 0.400. The van der Waals surface area contributed by atoms with Crippen molar-refractivity contribution in [2.45, 2.75) is 13.8 Å². The number of hydrogen-bond acceptors (Lipinski definition) is 9. The zero-order valence-corrected chi connectivity index (χ0v) is 15.4.